The van der Waals surface area contributed by atoms with Crippen LogP contribution < -0.4 is 15.0 Å². The third-order valence-corrected chi connectivity index (χ3v) is 5.56. The molecule has 0 unspecified atom stereocenters. The minimum absolute atomic E-state index is 0.216. The Balaban J connectivity index is 1.63. The largest absolute Gasteiger partial charge is 0.497 e. The molecule has 0 aliphatic heterocycles. The number of hydrogen-bond donors (Lipinski definition) is 0. The van der Waals surface area contributed by atoms with Crippen molar-refractivity contribution in [3.63, 3.8) is 0 Å². The number of aromatic nitrogens is 6. The van der Waals surface area contributed by atoms with Crippen molar-refractivity contribution in [1.82, 2.24) is 29.3 Å². The fourth-order valence-electron chi connectivity index (χ4n) is 3.20. The van der Waals surface area contributed by atoms with E-state index < -0.39 is 0 Å². The lowest BCUT2D eigenvalue weighted by molar-refractivity contribution is 0.312. The van der Waals surface area contributed by atoms with Crippen molar-refractivity contribution in [1.29, 1.82) is 0 Å². The smallest absolute Gasteiger partial charge is 0.316 e. The van der Waals surface area contributed by atoms with Crippen LogP contribution in [-0.2, 0) is 6.54 Å². The van der Waals surface area contributed by atoms with E-state index in [1.54, 1.807) is 25.7 Å². The molecule has 0 bridgehead atoms. The molecule has 0 saturated carbocycles. The highest BCUT2D eigenvalue weighted by atomic mass is 32.2. The molecule has 0 amide bonds. The van der Waals surface area contributed by atoms with Crippen molar-refractivity contribution in [2.75, 3.05) is 19.5 Å². The van der Waals surface area contributed by atoms with Crippen LogP contribution in [0.2, 0.25) is 0 Å². The number of methoxy groups -OCH3 is 1. The molecule has 0 radical (unpaired) electrons. The summed E-state index contributed by atoms with van der Waals surface area (Å²) in [6.45, 7) is 4.94. The summed E-state index contributed by atoms with van der Waals surface area (Å²) in [7, 11) is 1.64. The summed E-state index contributed by atoms with van der Waals surface area (Å²) in [5.74, 6) is 1.56. The molecule has 4 rings (SSSR count). The predicted molar refractivity (Wildman–Crippen MR) is 126 cm³/mol. The zero-order valence-corrected chi connectivity index (χ0v) is 19.5. The Morgan fingerprint density at radius 3 is 2.48 bits per heavy atom. The van der Waals surface area contributed by atoms with Crippen molar-refractivity contribution < 1.29 is 9.47 Å². The highest BCUT2D eigenvalue weighted by molar-refractivity contribution is 7.99. The maximum atomic E-state index is 13.1. The number of nitrogens with zero attached hydrogens (tertiary/aromatic N) is 6. The highest BCUT2D eigenvalue weighted by Gasteiger charge is 2.14. The molecule has 0 N–H and O–H groups in total. The van der Waals surface area contributed by atoms with Crippen molar-refractivity contribution in [3.05, 3.63) is 71.0 Å². The Morgan fingerprint density at radius 1 is 1.06 bits per heavy atom. The SMILES string of the molecule is CCOc1ncc(-n2c(SCC)nc(-c3cnn(Cc4ccc(OC)cc4)c3)cc2=O)cn1. The molecular weight excluding hydrogens is 440 g/mol. The monoisotopic (exact) mass is 464 g/mol. The molecule has 10 heteroatoms. The third kappa shape index (κ3) is 5.23. The molecular formula is C23H24N6O3S. The van der Waals surface area contributed by atoms with Crippen LogP contribution in [0.25, 0.3) is 16.9 Å². The first-order chi connectivity index (χ1) is 16.1. The van der Waals surface area contributed by atoms with Gasteiger partial charge in [-0.15, -0.1) is 0 Å². The van der Waals surface area contributed by atoms with E-state index >= 15 is 0 Å². The second-order valence-electron chi connectivity index (χ2n) is 6.96. The summed E-state index contributed by atoms with van der Waals surface area (Å²) in [6, 6.07) is 9.60. The van der Waals surface area contributed by atoms with Crippen LogP contribution in [0.5, 0.6) is 11.8 Å². The second kappa shape index (κ2) is 10.3. The van der Waals surface area contributed by atoms with Gasteiger partial charge in [0.25, 0.3) is 5.56 Å². The van der Waals surface area contributed by atoms with Gasteiger partial charge in [0.05, 0.1) is 50.2 Å². The van der Waals surface area contributed by atoms with Crippen LogP contribution in [0, 0.1) is 0 Å². The Hall–Kier alpha value is -3.66. The zero-order valence-electron chi connectivity index (χ0n) is 18.6. The standard InChI is InChI=1S/C23H24N6O3S/c1-4-32-22-24-12-18(13-25-22)29-21(30)10-20(27-23(29)33-5-2)17-11-26-28(15-17)14-16-6-8-19(31-3)9-7-16/h6-13,15H,4-5,14H2,1-3H3. The normalized spacial score (nSPS) is 10.9. The molecule has 0 aliphatic rings. The average molecular weight is 465 g/mol. The van der Waals surface area contributed by atoms with Gasteiger partial charge in [-0.3, -0.25) is 14.0 Å². The van der Waals surface area contributed by atoms with Crippen molar-refractivity contribution >= 4 is 11.8 Å². The van der Waals surface area contributed by atoms with Crippen LogP contribution in [0.4, 0.5) is 0 Å². The zero-order chi connectivity index (χ0) is 23.2. The molecule has 4 aromatic rings. The summed E-state index contributed by atoms with van der Waals surface area (Å²) < 4.78 is 13.8. The fraction of sp³-hybridized carbons (Fsp3) is 0.261. The van der Waals surface area contributed by atoms with E-state index in [2.05, 4.69) is 15.1 Å². The summed E-state index contributed by atoms with van der Waals surface area (Å²) in [4.78, 5) is 26.1. The van der Waals surface area contributed by atoms with Crippen LogP contribution in [0.15, 0.2) is 65.1 Å². The first-order valence-electron chi connectivity index (χ1n) is 10.5. The van der Waals surface area contributed by atoms with E-state index in [1.165, 1.54) is 22.4 Å². The van der Waals surface area contributed by atoms with Crippen LogP contribution >= 0.6 is 11.8 Å². The first kappa shape index (κ1) is 22.5. The van der Waals surface area contributed by atoms with Gasteiger partial charge in [0.2, 0.25) is 0 Å². The Labute approximate surface area is 195 Å². The van der Waals surface area contributed by atoms with Gasteiger partial charge in [-0.1, -0.05) is 30.8 Å². The maximum absolute atomic E-state index is 13.1. The van der Waals surface area contributed by atoms with Gasteiger partial charge in [0, 0.05) is 17.8 Å². The van der Waals surface area contributed by atoms with Crippen LogP contribution in [0.1, 0.15) is 19.4 Å². The van der Waals surface area contributed by atoms with E-state index in [0.717, 1.165) is 22.6 Å². The number of benzene rings is 1. The van der Waals surface area contributed by atoms with Gasteiger partial charge in [0.15, 0.2) is 5.16 Å². The molecule has 0 atom stereocenters. The molecule has 1 aromatic carbocycles. The minimum atomic E-state index is -0.216. The maximum Gasteiger partial charge on any atom is 0.316 e. The first-order valence-corrected chi connectivity index (χ1v) is 11.5. The van der Waals surface area contributed by atoms with Gasteiger partial charge in [0.1, 0.15) is 5.75 Å². The molecule has 9 nitrogen and oxygen atoms in total. The van der Waals surface area contributed by atoms with Crippen molar-refractivity contribution in [2.45, 2.75) is 25.5 Å². The fourth-order valence-corrected chi connectivity index (χ4v) is 3.95. The minimum Gasteiger partial charge on any atom is -0.497 e. The van der Waals surface area contributed by atoms with E-state index in [4.69, 9.17) is 14.5 Å². The molecule has 3 heterocycles. The van der Waals surface area contributed by atoms with Gasteiger partial charge in [-0.25, -0.2) is 15.0 Å². The van der Waals surface area contributed by atoms with Gasteiger partial charge < -0.3 is 9.47 Å². The summed E-state index contributed by atoms with van der Waals surface area (Å²) in [5, 5.41) is 5.00. The van der Waals surface area contributed by atoms with E-state index in [9.17, 15) is 4.79 Å². The quantitative estimate of drug-likeness (QED) is 0.274. The second-order valence-corrected chi connectivity index (χ2v) is 8.19. The van der Waals surface area contributed by atoms with Crippen LogP contribution in [0.3, 0.4) is 0 Å². The Bertz CT molecular complexity index is 1270. The molecule has 0 aliphatic carbocycles. The van der Waals surface area contributed by atoms with E-state index in [-0.39, 0.29) is 11.6 Å². The highest BCUT2D eigenvalue weighted by Crippen LogP contribution is 2.23. The molecule has 0 saturated heterocycles. The number of ether oxygens (including phenoxy) is 2. The molecule has 170 valence electrons. The van der Waals surface area contributed by atoms with E-state index in [0.29, 0.717) is 29.7 Å². The summed E-state index contributed by atoms with van der Waals surface area (Å²) >= 11 is 1.47. The van der Waals surface area contributed by atoms with Gasteiger partial charge in [-0.2, -0.15) is 5.10 Å². The lowest BCUT2D eigenvalue weighted by atomic mass is 10.2. The molecule has 0 spiro atoms. The number of rotatable bonds is 9. The van der Waals surface area contributed by atoms with Crippen molar-refractivity contribution in [2.24, 2.45) is 0 Å². The molecule has 33 heavy (non-hydrogen) atoms. The van der Waals surface area contributed by atoms with E-state index in [1.807, 2.05) is 49.0 Å². The number of hydrogen-bond acceptors (Lipinski definition) is 8. The summed E-state index contributed by atoms with van der Waals surface area (Å²) in [6.07, 6.45) is 6.73. The summed E-state index contributed by atoms with van der Waals surface area (Å²) in [5.41, 5.74) is 2.75. The van der Waals surface area contributed by atoms with Crippen molar-refractivity contribution in [3.8, 4) is 28.7 Å². The predicted octanol–water partition coefficient (Wildman–Crippen LogP) is 3.45. The van der Waals surface area contributed by atoms with Gasteiger partial charge >= 0.3 is 6.01 Å². The van der Waals surface area contributed by atoms with Crippen LogP contribution in [-0.4, -0.2) is 48.8 Å². The molecule has 3 aromatic heterocycles. The lowest BCUT2D eigenvalue weighted by Crippen LogP contribution is -2.21. The van der Waals surface area contributed by atoms with Gasteiger partial charge in [-0.05, 0) is 30.4 Å². The topological polar surface area (TPSA) is 97.0 Å². The average Bonchev–Trinajstić information content (AvgIpc) is 3.29. The lowest BCUT2D eigenvalue weighted by Gasteiger charge is -2.12. The Morgan fingerprint density at radius 2 is 1.82 bits per heavy atom. The number of thioether (sulfide) groups is 1. The Kier molecular flexibility index (Phi) is 7.04. The molecule has 0 fully saturated rings. The third-order valence-electron chi connectivity index (χ3n) is 4.74.